The maximum atomic E-state index is 11.2. The Hall–Kier alpha value is -2.32. The summed E-state index contributed by atoms with van der Waals surface area (Å²) in [6.07, 6.45) is 0. The summed E-state index contributed by atoms with van der Waals surface area (Å²) >= 11 is 1.15. The van der Waals surface area contributed by atoms with Gasteiger partial charge in [0.15, 0.2) is 5.01 Å². The van der Waals surface area contributed by atoms with Crippen molar-refractivity contribution in [3.8, 4) is 11.3 Å². The molecule has 2 rings (SSSR count). The molecule has 0 saturated heterocycles. The normalized spacial score (nSPS) is 10.1. The molecule has 1 aromatic heterocycles. The Balaban J connectivity index is 2.29. The van der Waals surface area contributed by atoms with Gasteiger partial charge in [-0.1, -0.05) is 0 Å². The molecule has 18 heavy (non-hydrogen) atoms. The van der Waals surface area contributed by atoms with E-state index in [0.717, 1.165) is 11.3 Å². The molecule has 0 atom stereocenters. The highest BCUT2D eigenvalue weighted by Crippen LogP contribution is 2.23. The number of hydrogen-bond acceptors (Lipinski definition) is 6. The van der Waals surface area contributed by atoms with Crippen molar-refractivity contribution < 1.29 is 9.72 Å². The van der Waals surface area contributed by atoms with Crippen molar-refractivity contribution in [1.29, 1.82) is 0 Å². The number of nitrogens with one attached hydrogen (secondary N) is 1. The van der Waals surface area contributed by atoms with Crippen molar-refractivity contribution in [2.45, 2.75) is 0 Å². The molecule has 0 aliphatic carbocycles. The van der Waals surface area contributed by atoms with Crippen molar-refractivity contribution in [3.63, 3.8) is 0 Å². The van der Waals surface area contributed by atoms with Crippen LogP contribution < -0.4 is 11.3 Å². The van der Waals surface area contributed by atoms with E-state index in [9.17, 15) is 14.9 Å². The molecule has 0 saturated carbocycles. The van der Waals surface area contributed by atoms with Crippen LogP contribution in [0.2, 0.25) is 0 Å². The zero-order valence-corrected chi connectivity index (χ0v) is 9.81. The van der Waals surface area contributed by atoms with Crippen LogP contribution in [0, 0.1) is 10.1 Å². The van der Waals surface area contributed by atoms with Gasteiger partial charge in [-0.25, -0.2) is 10.8 Å². The highest BCUT2D eigenvalue weighted by Gasteiger charge is 2.11. The molecule has 0 aliphatic heterocycles. The molecule has 7 nitrogen and oxygen atoms in total. The third kappa shape index (κ3) is 2.34. The smallest absolute Gasteiger partial charge is 0.288 e. The van der Waals surface area contributed by atoms with Gasteiger partial charge in [0.25, 0.3) is 11.6 Å². The molecule has 0 fully saturated rings. The Morgan fingerprint density at radius 1 is 1.39 bits per heavy atom. The Kier molecular flexibility index (Phi) is 3.31. The summed E-state index contributed by atoms with van der Waals surface area (Å²) in [4.78, 5) is 25.3. The lowest BCUT2D eigenvalue weighted by molar-refractivity contribution is -0.384. The standard InChI is InChI=1S/C10H8N4O3S/c11-13-9(15)10-12-8(5-18-10)6-1-3-7(4-2-6)14(16)17/h1-5H,11H2,(H,13,15). The number of non-ortho nitro benzene ring substituents is 1. The molecule has 0 bridgehead atoms. The highest BCUT2D eigenvalue weighted by molar-refractivity contribution is 7.12. The van der Waals surface area contributed by atoms with Crippen molar-refractivity contribution in [1.82, 2.24) is 10.4 Å². The monoisotopic (exact) mass is 264 g/mol. The molecule has 2 aromatic rings. The lowest BCUT2D eigenvalue weighted by Crippen LogP contribution is -2.29. The van der Waals surface area contributed by atoms with E-state index in [1.165, 1.54) is 12.1 Å². The van der Waals surface area contributed by atoms with Gasteiger partial charge < -0.3 is 0 Å². The third-order valence-corrected chi connectivity index (χ3v) is 3.04. The van der Waals surface area contributed by atoms with Crippen molar-refractivity contribution in [3.05, 3.63) is 44.8 Å². The van der Waals surface area contributed by atoms with Crippen molar-refractivity contribution in [2.24, 2.45) is 5.84 Å². The molecular weight excluding hydrogens is 256 g/mol. The Morgan fingerprint density at radius 2 is 2.06 bits per heavy atom. The summed E-state index contributed by atoms with van der Waals surface area (Å²) in [5.41, 5.74) is 3.28. The Morgan fingerprint density at radius 3 is 2.61 bits per heavy atom. The fourth-order valence-corrected chi connectivity index (χ4v) is 2.06. The topological polar surface area (TPSA) is 111 Å². The lowest BCUT2D eigenvalue weighted by atomic mass is 10.1. The molecular formula is C10H8N4O3S. The van der Waals surface area contributed by atoms with Crippen molar-refractivity contribution >= 4 is 22.9 Å². The molecule has 1 aromatic carbocycles. The number of nitro groups is 1. The Labute approximate surface area is 105 Å². The van der Waals surface area contributed by atoms with E-state index >= 15 is 0 Å². The molecule has 1 amide bonds. The van der Waals surface area contributed by atoms with Gasteiger partial charge in [-0.3, -0.25) is 20.3 Å². The molecule has 0 unspecified atom stereocenters. The summed E-state index contributed by atoms with van der Waals surface area (Å²) < 4.78 is 0. The first-order valence-corrected chi connectivity index (χ1v) is 5.71. The minimum Gasteiger partial charge on any atom is -0.288 e. The van der Waals surface area contributed by atoms with E-state index in [4.69, 9.17) is 5.84 Å². The van der Waals surface area contributed by atoms with Crippen LogP contribution in [-0.4, -0.2) is 15.8 Å². The second-order valence-electron chi connectivity index (χ2n) is 3.32. The van der Waals surface area contributed by atoms with Gasteiger partial charge in [0.2, 0.25) is 0 Å². The zero-order chi connectivity index (χ0) is 13.1. The van der Waals surface area contributed by atoms with E-state index in [1.54, 1.807) is 17.5 Å². The molecule has 8 heteroatoms. The minimum atomic E-state index is -0.474. The number of nitrogen functional groups attached to an aromatic ring is 1. The average Bonchev–Trinajstić information content (AvgIpc) is 2.87. The van der Waals surface area contributed by atoms with Crippen LogP contribution in [0.1, 0.15) is 9.80 Å². The van der Waals surface area contributed by atoms with E-state index in [2.05, 4.69) is 4.98 Å². The summed E-state index contributed by atoms with van der Waals surface area (Å²) in [6.45, 7) is 0. The van der Waals surface area contributed by atoms with Gasteiger partial charge in [-0.2, -0.15) is 0 Å². The molecule has 0 aliphatic rings. The van der Waals surface area contributed by atoms with E-state index in [0.29, 0.717) is 11.3 Å². The first kappa shape index (κ1) is 12.1. The number of carbonyl (C=O) groups is 1. The quantitative estimate of drug-likeness (QED) is 0.376. The van der Waals surface area contributed by atoms with Crippen molar-refractivity contribution in [2.75, 3.05) is 0 Å². The van der Waals surface area contributed by atoms with Crippen LogP contribution in [0.25, 0.3) is 11.3 Å². The lowest BCUT2D eigenvalue weighted by Gasteiger charge is -1.96. The van der Waals surface area contributed by atoms with Gasteiger partial charge >= 0.3 is 0 Å². The first-order valence-electron chi connectivity index (χ1n) is 4.83. The minimum absolute atomic E-state index is 0.00824. The van der Waals surface area contributed by atoms with E-state index in [-0.39, 0.29) is 10.7 Å². The van der Waals surface area contributed by atoms with Crippen LogP contribution in [0.3, 0.4) is 0 Å². The van der Waals surface area contributed by atoms with E-state index < -0.39 is 10.8 Å². The van der Waals surface area contributed by atoms with Crippen LogP contribution in [0.5, 0.6) is 0 Å². The number of aromatic nitrogens is 1. The van der Waals surface area contributed by atoms with E-state index in [1.807, 2.05) is 5.43 Å². The van der Waals surface area contributed by atoms with Gasteiger partial charge in [0, 0.05) is 23.1 Å². The number of nitrogens with two attached hydrogens (primary N) is 1. The summed E-state index contributed by atoms with van der Waals surface area (Å²) in [5.74, 6) is 4.53. The predicted molar refractivity (Wildman–Crippen MR) is 65.9 cm³/mol. The van der Waals surface area contributed by atoms with Crippen LogP contribution in [0.15, 0.2) is 29.6 Å². The fraction of sp³-hybridized carbons (Fsp3) is 0. The molecule has 92 valence electrons. The second kappa shape index (κ2) is 4.90. The predicted octanol–water partition coefficient (Wildman–Crippen LogP) is 1.32. The number of nitro benzene ring substituents is 1. The number of hydrogen-bond donors (Lipinski definition) is 2. The SMILES string of the molecule is NNC(=O)c1nc(-c2ccc([N+](=O)[O-])cc2)cs1. The van der Waals surface area contributed by atoms with Crippen LogP contribution in [-0.2, 0) is 0 Å². The summed E-state index contributed by atoms with van der Waals surface area (Å²) in [5, 5.41) is 12.4. The maximum Gasteiger partial charge on any atom is 0.294 e. The largest absolute Gasteiger partial charge is 0.294 e. The maximum absolute atomic E-state index is 11.2. The number of hydrazine groups is 1. The molecule has 3 N–H and O–H groups in total. The number of benzene rings is 1. The molecule has 0 radical (unpaired) electrons. The summed E-state index contributed by atoms with van der Waals surface area (Å²) in [6, 6.07) is 5.93. The number of thiazole rings is 1. The second-order valence-corrected chi connectivity index (χ2v) is 4.17. The van der Waals surface area contributed by atoms with Gasteiger partial charge in [-0.05, 0) is 12.1 Å². The molecule has 1 heterocycles. The fourth-order valence-electron chi connectivity index (χ4n) is 1.33. The zero-order valence-electron chi connectivity index (χ0n) is 8.99. The summed E-state index contributed by atoms with van der Waals surface area (Å²) in [7, 11) is 0. The van der Waals surface area contributed by atoms with Gasteiger partial charge in [0.05, 0.1) is 10.6 Å². The average molecular weight is 264 g/mol. The highest BCUT2D eigenvalue weighted by atomic mass is 32.1. The molecule has 0 spiro atoms. The first-order chi connectivity index (χ1) is 8.61. The Bertz CT molecular complexity index is 593. The van der Waals surface area contributed by atoms with Gasteiger partial charge in [-0.15, -0.1) is 11.3 Å². The number of carbonyl (C=O) groups excluding carboxylic acids is 1. The number of nitrogens with zero attached hydrogens (tertiary/aromatic N) is 2. The van der Waals surface area contributed by atoms with Crippen LogP contribution >= 0.6 is 11.3 Å². The van der Waals surface area contributed by atoms with Crippen LogP contribution in [0.4, 0.5) is 5.69 Å². The number of amides is 1. The number of rotatable bonds is 3. The third-order valence-electron chi connectivity index (χ3n) is 2.20. The van der Waals surface area contributed by atoms with Gasteiger partial charge in [0.1, 0.15) is 0 Å².